The van der Waals surface area contributed by atoms with Gasteiger partial charge in [-0.2, -0.15) is 0 Å². The molecule has 0 radical (unpaired) electrons. The number of hydrogen-bond acceptors (Lipinski definition) is 5. The molecule has 0 aromatic carbocycles. The monoisotopic (exact) mass is 227 g/mol. The van der Waals surface area contributed by atoms with Crippen LogP contribution in [0.25, 0.3) is 0 Å². The molecule has 2 heterocycles. The van der Waals surface area contributed by atoms with Gasteiger partial charge in [-0.1, -0.05) is 0 Å². The molecule has 0 aliphatic carbocycles. The van der Waals surface area contributed by atoms with E-state index in [9.17, 15) is 15.0 Å². The summed E-state index contributed by atoms with van der Waals surface area (Å²) in [5, 5.41) is 28.2. The maximum absolute atomic E-state index is 10.7. The van der Waals surface area contributed by atoms with Gasteiger partial charge in [-0.3, -0.25) is 4.79 Å². The Morgan fingerprint density at radius 3 is 2.75 bits per heavy atom. The molecule has 4 atom stereocenters. The average Bonchev–Trinajstić information content (AvgIpc) is 2.86. The Kier molecular flexibility index (Phi) is 3.06. The highest BCUT2D eigenvalue weighted by Gasteiger charge is 2.43. The van der Waals surface area contributed by atoms with Gasteiger partial charge in [-0.05, 0) is 12.1 Å². The Bertz CT molecular complexity index is 377. The van der Waals surface area contributed by atoms with E-state index in [1.807, 2.05) is 0 Å². The van der Waals surface area contributed by atoms with Crippen LogP contribution in [0.5, 0.6) is 0 Å². The number of carbonyl (C=O) groups excluding carboxylic acids is 1. The zero-order valence-electron chi connectivity index (χ0n) is 8.43. The second-order valence-electron chi connectivity index (χ2n) is 3.69. The Balaban J connectivity index is 2.26. The lowest BCUT2D eigenvalue weighted by Gasteiger charge is -2.17. The van der Waals surface area contributed by atoms with Crippen LogP contribution in [0, 0.1) is 0 Å². The number of carbonyl (C=O) groups is 1. The fourth-order valence-electron chi connectivity index (χ4n) is 1.85. The standard InChI is InChI=1S/C10H13NO5/c12-4-6-2-1-3-11(6)10-9(15)8(14)7(5-13)16-10/h1-4,7-10,13-15H,5H2/t7-,8-,9-,10-/m1/s1. The molecular formula is C10H13NO5. The van der Waals surface area contributed by atoms with Crippen LogP contribution in [0.3, 0.4) is 0 Å². The molecule has 1 fully saturated rings. The Morgan fingerprint density at radius 1 is 1.44 bits per heavy atom. The van der Waals surface area contributed by atoms with Gasteiger partial charge in [0.05, 0.1) is 12.3 Å². The van der Waals surface area contributed by atoms with Gasteiger partial charge in [0.15, 0.2) is 12.5 Å². The third-order valence-corrected chi connectivity index (χ3v) is 2.72. The molecule has 3 N–H and O–H groups in total. The van der Waals surface area contributed by atoms with Crippen molar-refractivity contribution in [2.45, 2.75) is 24.5 Å². The van der Waals surface area contributed by atoms with Crippen LogP contribution in [0.1, 0.15) is 16.7 Å². The number of aliphatic hydroxyl groups is 3. The summed E-state index contributed by atoms with van der Waals surface area (Å²) in [6.45, 7) is -0.383. The lowest BCUT2D eigenvalue weighted by Crippen LogP contribution is -2.33. The summed E-state index contributed by atoms with van der Waals surface area (Å²) in [7, 11) is 0. The van der Waals surface area contributed by atoms with Crippen LogP contribution in [-0.2, 0) is 4.74 Å². The number of aldehydes is 1. The van der Waals surface area contributed by atoms with Crippen molar-refractivity contribution in [2.75, 3.05) is 6.61 Å². The van der Waals surface area contributed by atoms with Crippen molar-refractivity contribution >= 4 is 6.29 Å². The Hall–Kier alpha value is -1.21. The van der Waals surface area contributed by atoms with E-state index in [-0.39, 0.29) is 6.61 Å². The van der Waals surface area contributed by atoms with E-state index in [1.54, 1.807) is 18.3 Å². The molecular weight excluding hydrogens is 214 g/mol. The van der Waals surface area contributed by atoms with Crippen LogP contribution < -0.4 is 0 Å². The predicted octanol–water partition coefficient (Wildman–Crippen LogP) is -1.09. The average molecular weight is 227 g/mol. The summed E-state index contributed by atoms with van der Waals surface area (Å²) in [5.74, 6) is 0. The van der Waals surface area contributed by atoms with E-state index in [0.717, 1.165) is 0 Å². The first-order valence-corrected chi connectivity index (χ1v) is 4.93. The van der Waals surface area contributed by atoms with Crippen LogP contribution >= 0.6 is 0 Å². The first kappa shape index (κ1) is 11.3. The zero-order chi connectivity index (χ0) is 11.7. The minimum Gasteiger partial charge on any atom is -0.394 e. The number of rotatable bonds is 3. The lowest BCUT2D eigenvalue weighted by molar-refractivity contribution is -0.0530. The van der Waals surface area contributed by atoms with Gasteiger partial charge in [0.1, 0.15) is 18.3 Å². The summed E-state index contributed by atoms with van der Waals surface area (Å²) in [5.41, 5.74) is 0.342. The minimum atomic E-state index is -1.16. The van der Waals surface area contributed by atoms with Crippen molar-refractivity contribution < 1.29 is 24.9 Å². The Morgan fingerprint density at radius 2 is 2.19 bits per heavy atom. The van der Waals surface area contributed by atoms with E-state index >= 15 is 0 Å². The highest BCUT2D eigenvalue weighted by Crippen LogP contribution is 2.30. The van der Waals surface area contributed by atoms with E-state index in [0.29, 0.717) is 12.0 Å². The number of aliphatic hydroxyl groups excluding tert-OH is 3. The van der Waals surface area contributed by atoms with Gasteiger partial charge < -0.3 is 24.6 Å². The van der Waals surface area contributed by atoms with E-state index in [4.69, 9.17) is 9.84 Å². The largest absolute Gasteiger partial charge is 0.394 e. The highest BCUT2D eigenvalue weighted by atomic mass is 16.6. The van der Waals surface area contributed by atoms with Gasteiger partial charge in [0.25, 0.3) is 0 Å². The second kappa shape index (κ2) is 4.34. The topological polar surface area (TPSA) is 91.9 Å². The highest BCUT2D eigenvalue weighted by molar-refractivity contribution is 5.72. The molecule has 88 valence electrons. The molecule has 16 heavy (non-hydrogen) atoms. The van der Waals surface area contributed by atoms with Crippen molar-refractivity contribution in [1.29, 1.82) is 0 Å². The number of ether oxygens (including phenoxy) is 1. The second-order valence-corrected chi connectivity index (χ2v) is 3.69. The minimum absolute atomic E-state index is 0.342. The van der Waals surface area contributed by atoms with Gasteiger partial charge in [0.2, 0.25) is 0 Å². The van der Waals surface area contributed by atoms with Gasteiger partial charge >= 0.3 is 0 Å². The van der Waals surface area contributed by atoms with Gasteiger partial charge in [0, 0.05) is 6.20 Å². The van der Waals surface area contributed by atoms with Crippen LogP contribution in [-0.4, -0.2) is 51.1 Å². The molecule has 0 bridgehead atoms. The van der Waals surface area contributed by atoms with Gasteiger partial charge in [-0.15, -0.1) is 0 Å². The SMILES string of the molecule is O=Cc1cccn1[C@@H]1O[C@H](CO)[C@@H](O)[C@H]1O. The van der Waals surface area contributed by atoms with Crippen molar-refractivity contribution in [3.63, 3.8) is 0 Å². The van der Waals surface area contributed by atoms with Crippen molar-refractivity contribution in [2.24, 2.45) is 0 Å². The quantitative estimate of drug-likeness (QED) is 0.571. The maximum Gasteiger partial charge on any atom is 0.166 e. The summed E-state index contributed by atoms with van der Waals surface area (Å²) in [4.78, 5) is 10.7. The summed E-state index contributed by atoms with van der Waals surface area (Å²) < 4.78 is 6.70. The van der Waals surface area contributed by atoms with Crippen LogP contribution in [0.15, 0.2) is 18.3 Å². The number of hydrogen-bond donors (Lipinski definition) is 3. The lowest BCUT2D eigenvalue weighted by atomic mass is 10.1. The molecule has 0 amide bonds. The molecule has 1 aromatic heterocycles. The predicted molar refractivity (Wildman–Crippen MR) is 52.8 cm³/mol. The van der Waals surface area contributed by atoms with E-state index in [2.05, 4.69) is 0 Å². The third-order valence-electron chi connectivity index (χ3n) is 2.72. The maximum atomic E-state index is 10.7. The molecule has 0 spiro atoms. The van der Waals surface area contributed by atoms with Crippen LogP contribution in [0.2, 0.25) is 0 Å². The summed E-state index contributed by atoms with van der Waals surface area (Å²) >= 11 is 0. The molecule has 0 saturated carbocycles. The van der Waals surface area contributed by atoms with E-state index < -0.39 is 24.5 Å². The fourth-order valence-corrected chi connectivity index (χ4v) is 1.85. The molecule has 1 saturated heterocycles. The number of nitrogens with zero attached hydrogens (tertiary/aromatic N) is 1. The molecule has 1 aliphatic heterocycles. The molecule has 2 rings (SSSR count). The molecule has 1 aromatic rings. The van der Waals surface area contributed by atoms with Gasteiger partial charge in [-0.25, -0.2) is 0 Å². The zero-order valence-corrected chi connectivity index (χ0v) is 8.43. The normalized spacial score (nSPS) is 34.2. The van der Waals surface area contributed by atoms with Crippen molar-refractivity contribution in [3.8, 4) is 0 Å². The molecule has 1 aliphatic rings. The van der Waals surface area contributed by atoms with E-state index in [1.165, 1.54) is 4.57 Å². The van der Waals surface area contributed by atoms with Crippen molar-refractivity contribution in [1.82, 2.24) is 4.57 Å². The molecule has 6 nitrogen and oxygen atoms in total. The smallest absolute Gasteiger partial charge is 0.166 e. The fraction of sp³-hybridized carbons (Fsp3) is 0.500. The summed E-state index contributed by atoms with van der Waals surface area (Å²) in [6.07, 6.45) is -1.79. The first-order valence-electron chi connectivity index (χ1n) is 4.93. The van der Waals surface area contributed by atoms with Crippen LogP contribution in [0.4, 0.5) is 0 Å². The Labute approximate surface area is 91.7 Å². The summed E-state index contributed by atoms with van der Waals surface area (Å²) in [6, 6.07) is 3.21. The number of aromatic nitrogens is 1. The molecule has 6 heteroatoms. The third kappa shape index (κ3) is 1.65. The molecule has 0 unspecified atom stereocenters. The first-order chi connectivity index (χ1) is 7.69. The van der Waals surface area contributed by atoms with Crippen molar-refractivity contribution in [3.05, 3.63) is 24.0 Å².